The van der Waals surface area contributed by atoms with E-state index in [1.165, 1.54) is 4.31 Å². The van der Waals surface area contributed by atoms with Gasteiger partial charge in [-0.15, -0.1) is 0 Å². The van der Waals surface area contributed by atoms with Crippen molar-refractivity contribution in [1.82, 2.24) is 5.32 Å². The lowest BCUT2D eigenvalue weighted by atomic mass is 10.2. The second kappa shape index (κ2) is 8.73. The van der Waals surface area contributed by atoms with Crippen molar-refractivity contribution in [2.75, 3.05) is 23.2 Å². The number of fused-ring (bicyclic) bond motifs is 1. The molecule has 1 heterocycles. The Balaban J connectivity index is 1.67. The van der Waals surface area contributed by atoms with Crippen LogP contribution in [-0.2, 0) is 14.8 Å². The molecule has 1 aliphatic heterocycles. The zero-order valence-electron chi connectivity index (χ0n) is 16.8. The molecule has 2 aromatic rings. The second-order valence-corrected chi connectivity index (χ2v) is 9.17. The summed E-state index contributed by atoms with van der Waals surface area (Å²) in [5.74, 6) is 0.698. The van der Waals surface area contributed by atoms with Crippen LogP contribution >= 0.6 is 0 Å². The van der Waals surface area contributed by atoms with Gasteiger partial charge in [-0.25, -0.2) is 8.42 Å². The fraction of sp³-hybridized carbons (Fsp3) is 0.381. The Labute approximate surface area is 171 Å². The summed E-state index contributed by atoms with van der Waals surface area (Å²) in [6.45, 7) is 5.58. The monoisotopic (exact) mass is 418 g/mol. The molecule has 2 aromatic carbocycles. The maximum absolute atomic E-state index is 12.7. The average Bonchev–Trinajstić information content (AvgIpc) is 2.72. The van der Waals surface area contributed by atoms with Crippen LogP contribution in [-0.4, -0.2) is 45.4 Å². The van der Waals surface area contributed by atoms with Crippen LogP contribution < -0.4 is 19.1 Å². The van der Waals surface area contributed by atoms with Crippen LogP contribution in [0.3, 0.4) is 0 Å². The van der Waals surface area contributed by atoms with Crippen molar-refractivity contribution in [2.45, 2.75) is 32.9 Å². The topological polar surface area (TPSA) is 84.9 Å². The van der Waals surface area contributed by atoms with Gasteiger partial charge in [0.15, 0.2) is 6.10 Å². The van der Waals surface area contributed by atoms with Gasteiger partial charge in [-0.2, -0.15) is 0 Å². The number of benzene rings is 2. The molecule has 2 atom stereocenters. The third-order valence-corrected chi connectivity index (χ3v) is 6.45. The predicted octanol–water partition coefficient (Wildman–Crippen LogP) is 2.50. The number of anilines is 1. The van der Waals surface area contributed by atoms with Gasteiger partial charge in [-0.3, -0.25) is 9.10 Å². The first-order valence-electron chi connectivity index (χ1n) is 9.56. The number of hydrogen-bond donors (Lipinski definition) is 1. The van der Waals surface area contributed by atoms with Crippen LogP contribution in [0.2, 0.25) is 0 Å². The number of nitrogens with zero attached hydrogens (tertiary/aromatic N) is 1. The maximum atomic E-state index is 12.7. The molecular weight excluding hydrogens is 392 g/mol. The number of para-hydroxylation sites is 3. The zero-order valence-corrected chi connectivity index (χ0v) is 17.6. The number of sulfonamides is 1. The number of hydrogen-bond acceptors (Lipinski definition) is 5. The van der Waals surface area contributed by atoms with Crippen molar-refractivity contribution in [1.29, 1.82) is 0 Å². The van der Waals surface area contributed by atoms with E-state index in [1.54, 1.807) is 31.2 Å². The summed E-state index contributed by atoms with van der Waals surface area (Å²) in [7, 11) is -3.53. The molecule has 1 amide bonds. The third-order valence-electron chi connectivity index (χ3n) is 4.70. The van der Waals surface area contributed by atoms with E-state index >= 15 is 0 Å². The molecule has 3 rings (SSSR count). The van der Waals surface area contributed by atoms with Gasteiger partial charge in [-0.1, -0.05) is 30.3 Å². The molecule has 1 aliphatic rings. The smallest absolute Gasteiger partial charge is 0.263 e. The molecule has 0 bridgehead atoms. The van der Waals surface area contributed by atoms with Crippen molar-refractivity contribution < 1.29 is 22.7 Å². The molecule has 0 spiro atoms. The maximum Gasteiger partial charge on any atom is 0.263 e. The van der Waals surface area contributed by atoms with Gasteiger partial charge < -0.3 is 14.8 Å². The number of aryl methyl sites for hydroxylation is 1. The average molecular weight is 419 g/mol. The van der Waals surface area contributed by atoms with Gasteiger partial charge in [0.1, 0.15) is 18.1 Å². The van der Waals surface area contributed by atoms with Crippen LogP contribution in [0.15, 0.2) is 48.5 Å². The molecule has 156 valence electrons. The summed E-state index contributed by atoms with van der Waals surface area (Å²) in [5, 5.41) is 2.85. The first kappa shape index (κ1) is 21.0. The van der Waals surface area contributed by atoms with Gasteiger partial charge in [0.05, 0.1) is 24.0 Å². The Morgan fingerprint density at radius 3 is 2.66 bits per heavy atom. The predicted molar refractivity (Wildman–Crippen MR) is 112 cm³/mol. The van der Waals surface area contributed by atoms with Gasteiger partial charge in [0.2, 0.25) is 10.0 Å². The Morgan fingerprint density at radius 1 is 1.24 bits per heavy atom. The molecule has 0 aliphatic carbocycles. The van der Waals surface area contributed by atoms with E-state index in [1.807, 2.05) is 38.1 Å². The summed E-state index contributed by atoms with van der Waals surface area (Å²) >= 11 is 0. The molecule has 1 N–H and O–H groups in total. The number of carbonyl (C=O) groups excluding carboxylic acids is 1. The molecule has 0 radical (unpaired) electrons. The largest absolute Gasteiger partial charge is 0.491 e. The van der Waals surface area contributed by atoms with Crippen molar-refractivity contribution in [2.24, 2.45) is 0 Å². The van der Waals surface area contributed by atoms with Gasteiger partial charge in [-0.05, 0) is 44.5 Å². The minimum absolute atomic E-state index is 0.0592. The molecule has 29 heavy (non-hydrogen) atoms. The van der Waals surface area contributed by atoms with E-state index in [9.17, 15) is 13.2 Å². The Bertz CT molecular complexity index is 977. The lowest BCUT2D eigenvalue weighted by Crippen LogP contribution is -2.53. The van der Waals surface area contributed by atoms with Crippen molar-refractivity contribution in [3.8, 4) is 11.5 Å². The van der Waals surface area contributed by atoms with Crippen LogP contribution in [0.4, 0.5) is 5.69 Å². The molecule has 0 saturated heterocycles. The lowest BCUT2D eigenvalue weighted by Gasteiger charge is -2.34. The van der Waals surface area contributed by atoms with E-state index in [4.69, 9.17) is 9.47 Å². The minimum Gasteiger partial charge on any atom is -0.491 e. The van der Waals surface area contributed by atoms with E-state index < -0.39 is 16.1 Å². The van der Waals surface area contributed by atoms with E-state index in [2.05, 4.69) is 5.32 Å². The van der Waals surface area contributed by atoms with Gasteiger partial charge in [0, 0.05) is 0 Å². The SMILES string of the molecule is CCS(=O)(=O)N1C[C@H](C(=O)N[C@@H](C)COc2ccccc2C)Oc2ccccc21. The summed E-state index contributed by atoms with van der Waals surface area (Å²) in [5.41, 5.74) is 1.47. The summed E-state index contributed by atoms with van der Waals surface area (Å²) in [6, 6.07) is 14.2. The highest BCUT2D eigenvalue weighted by atomic mass is 32.2. The molecular formula is C21H26N2O5S. The molecule has 0 aromatic heterocycles. The first-order valence-corrected chi connectivity index (χ1v) is 11.2. The highest BCUT2D eigenvalue weighted by molar-refractivity contribution is 7.92. The second-order valence-electron chi connectivity index (χ2n) is 6.99. The number of nitrogens with one attached hydrogen (secondary N) is 1. The van der Waals surface area contributed by atoms with Crippen LogP contribution in [0.1, 0.15) is 19.4 Å². The van der Waals surface area contributed by atoms with E-state index in [0.29, 0.717) is 11.4 Å². The normalized spacial score (nSPS) is 17.1. The highest BCUT2D eigenvalue weighted by Crippen LogP contribution is 2.35. The highest BCUT2D eigenvalue weighted by Gasteiger charge is 2.36. The van der Waals surface area contributed by atoms with Crippen LogP contribution in [0.5, 0.6) is 11.5 Å². The standard InChI is InChI=1S/C21H26N2O5S/c1-4-29(25,26)23-13-20(28-19-12-8-6-10-17(19)23)21(24)22-16(3)14-27-18-11-7-5-9-15(18)2/h5-12,16,20H,4,13-14H2,1-3H3,(H,22,24)/t16-,20+/m0/s1. The quantitative estimate of drug-likeness (QED) is 0.747. The van der Waals surface area contributed by atoms with Crippen molar-refractivity contribution in [3.63, 3.8) is 0 Å². The van der Waals surface area contributed by atoms with Crippen LogP contribution in [0, 0.1) is 6.92 Å². The zero-order chi connectivity index (χ0) is 21.0. The molecule has 0 fully saturated rings. The summed E-state index contributed by atoms with van der Waals surface area (Å²) in [4.78, 5) is 12.7. The fourth-order valence-corrected chi connectivity index (χ4v) is 4.19. The number of rotatable bonds is 7. The number of ether oxygens (including phenoxy) is 2. The van der Waals surface area contributed by atoms with Crippen molar-refractivity contribution >= 4 is 21.6 Å². The summed E-state index contributed by atoms with van der Waals surface area (Å²) < 4.78 is 37.9. The molecule has 0 saturated carbocycles. The van der Waals surface area contributed by atoms with E-state index in [-0.39, 0.29) is 30.9 Å². The van der Waals surface area contributed by atoms with Crippen molar-refractivity contribution in [3.05, 3.63) is 54.1 Å². The Kier molecular flexibility index (Phi) is 6.32. The lowest BCUT2D eigenvalue weighted by molar-refractivity contribution is -0.128. The fourth-order valence-electron chi connectivity index (χ4n) is 3.07. The Hall–Kier alpha value is -2.74. The molecule has 0 unspecified atom stereocenters. The number of carbonyl (C=O) groups is 1. The van der Waals surface area contributed by atoms with Gasteiger partial charge >= 0.3 is 0 Å². The third kappa shape index (κ3) is 4.82. The minimum atomic E-state index is -3.53. The van der Waals surface area contributed by atoms with E-state index in [0.717, 1.165) is 11.3 Å². The summed E-state index contributed by atoms with van der Waals surface area (Å²) in [6.07, 6.45) is -0.938. The molecule has 7 nitrogen and oxygen atoms in total. The Morgan fingerprint density at radius 2 is 1.93 bits per heavy atom. The molecule has 8 heteroatoms. The van der Waals surface area contributed by atoms with Crippen LogP contribution in [0.25, 0.3) is 0 Å². The first-order chi connectivity index (χ1) is 13.8. The van der Waals surface area contributed by atoms with Gasteiger partial charge in [0.25, 0.3) is 5.91 Å². The number of amides is 1.